The zero-order valence-corrected chi connectivity index (χ0v) is 33.9. The van der Waals surface area contributed by atoms with Gasteiger partial charge in [0.15, 0.2) is 5.84 Å². The maximum atomic E-state index is 5.19. The van der Waals surface area contributed by atoms with Crippen LogP contribution >= 0.6 is 11.3 Å². The molecule has 1 aliphatic heterocycles. The lowest BCUT2D eigenvalue weighted by Gasteiger charge is -2.24. The molecule has 10 aromatic carbocycles. The largest absolute Gasteiger partial charge is 0.344 e. The minimum atomic E-state index is -0.269. The highest BCUT2D eigenvalue weighted by atomic mass is 32.1. The molecule has 12 rings (SSSR count). The minimum Gasteiger partial charge on any atom is -0.344 e. The second-order valence-corrected chi connectivity index (χ2v) is 16.9. The van der Waals surface area contributed by atoms with E-state index in [1.54, 1.807) is 0 Å². The van der Waals surface area contributed by atoms with E-state index in [0.29, 0.717) is 5.84 Å². The predicted octanol–water partition coefficient (Wildman–Crippen LogP) is 15.0. The molecule has 61 heavy (non-hydrogen) atoms. The summed E-state index contributed by atoms with van der Waals surface area (Å²) in [5.74, 6) is 1.53. The van der Waals surface area contributed by atoms with Gasteiger partial charge in [0.2, 0.25) is 0 Å². The normalized spacial score (nSPS) is 14.1. The highest BCUT2D eigenvalue weighted by Gasteiger charge is 2.22. The van der Waals surface area contributed by atoms with E-state index in [2.05, 4.69) is 206 Å². The maximum Gasteiger partial charge on any atom is 0.159 e. The van der Waals surface area contributed by atoms with Crippen LogP contribution in [0.1, 0.15) is 22.9 Å². The van der Waals surface area contributed by atoms with Crippen LogP contribution in [0.5, 0.6) is 0 Å². The van der Waals surface area contributed by atoms with Gasteiger partial charge in [-0.2, -0.15) is 0 Å². The van der Waals surface area contributed by atoms with Crippen molar-refractivity contribution in [3.8, 4) is 33.4 Å². The molecule has 1 aliphatic rings. The van der Waals surface area contributed by atoms with Crippen molar-refractivity contribution < 1.29 is 0 Å². The third-order valence-electron chi connectivity index (χ3n) is 12.1. The van der Waals surface area contributed by atoms with E-state index in [9.17, 15) is 0 Å². The van der Waals surface area contributed by atoms with Crippen LogP contribution < -0.4 is 5.32 Å². The van der Waals surface area contributed by atoms with Gasteiger partial charge in [-0.05, 0) is 108 Å². The maximum absolute atomic E-state index is 5.19. The molecule has 2 heterocycles. The lowest BCUT2D eigenvalue weighted by molar-refractivity contribution is 0.674. The van der Waals surface area contributed by atoms with Crippen LogP contribution in [0.4, 0.5) is 0 Å². The lowest BCUT2D eigenvalue weighted by atomic mass is 9.91. The van der Waals surface area contributed by atoms with E-state index in [4.69, 9.17) is 9.98 Å². The van der Waals surface area contributed by atoms with Crippen molar-refractivity contribution in [3.05, 3.63) is 229 Å². The van der Waals surface area contributed by atoms with Crippen LogP contribution in [0.15, 0.2) is 222 Å². The molecule has 3 nitrogen and oxygen atoms in total. The van der Waals surface area contributed by atoms with Gasteiger partial charge < -0.3 is 5.32 Å². The topological polar surface area (TPSA) is 36.8 Å². The molecule has 1 aromatic heterocycles. The van der Waals surface area contributed by atoms with Crippen molar-refractivity contribution in [1.82, 2.24) is 5.32 Å². The van der Waals surface area contributed by atoms with Gasteiger partial charge in [0.1, 0.15) is 12.0 Å². The number of nitrogens with one attached hydrogen (secondary N) is 1. The molecule has 0 saturated carbocycles. The number of hydrogen-bond acceptors (Lipinski definition) is 4. The molecule has 286 valence electrons. The van der Waals surface area contributed by atoms with E-state index < -0.39 is 0 Å². The Balaban J connectivity index is 0.900. The van der Waals surface area contributed by atoms with E-state index in [1.807, 2.05) is 23.5 Å². The van der Waals surface area contributed by atoms with E-state index in [1.165, 1.54) is 80.3 Å². The van der Waals surface area contributed by atoms with Gasteiger partial charge in [0, 0.05) is 31.3 Å². The third-order valence-corrected chi connectivity index (χ3v) is 13.2. The standard InChI is InChI=1S/C57H37N3S/c1-3-13-36(14-4-1)38-17-12-20-43(32-38)56-58-55(37-15-5-2-6-16-37)59-57(60-56)44-26-29-50-52-34-42(27-30-53(52)61-54(50)35-44)40-19-11-18-39(31-40)41-25-28-49-47-23-8-7-21-45(47)46-22-9-10-24-48(46)51(49)33-41/h1-35,55H,(H,58,59,60). The highest BCUT2D eigenvalue weighted by Crippen LogP contribution is 2.40. The summed E-state index contributed by atoms with van der Waals surface area (Å²) in [7, 11) is 0. The van der Waals surface area contributed by atoms with Gasteiger partial charge in [-0.3, -0.25) is 0 Å². The van der Waals surface area contributed by atoms with E-state index in [0.717, 1.165) is 28.1 Å². The van der Waals surface area contributed by atoms with Gasteiger partial charge >= 0.3 is 0 Å². The van der Waals surface area contributed by atoms with Crippen molar-refractivity contribution in [1.29, 1.82) is 0 Å². The molecule has 0 aliphatic carbocycles. The molecular formula is C57H37N3S. The van der Waals surface area contributed by atoms with Crippen molar-refractivity contribution >= 4 is 75.5 Å². The Morgan fingerprint density at radius 2 is 0.820 bits per heavy atom. The second-order valence-electron chi connectivity index (χ2n) is 15.8. The molecule has 1 atom stereocenters. The number of amidine groups is 2. The number of rotatable bonds is 6. The summed E-state index contributed by atoms with van der Waals surface area (Å²) >= 11 is 1.83. The van der Waals surface area contributed by atoms with Crippen molar-refractivity contribution in [2.24, 2.45) is 9.98 Å². The van der Waals surface area contributed by atoms with Crippen molar-refractivity contribution in [2.75, 3.05) is 0 Å². The number of thiophene rings is 1. The first kappa shape index (κ1) is 35.3. The van der Waals surface area contributed by atoms with Gasteiger partial charge in [0.05, 0.1) is 0 Å². The molecular weight excluding hydrogens is 759 g/mol. The van der Waals surface area contributed by atoms with Gasteiger partial charge in [-0.1, -0.05) is 176 Å². The van der Waals surface area contributed by atoms with Crippen molar-refractivity contribution in [2.45, 2.75) is 6.17 Å². The fourth-order valence-electron chi connectivity index (χ4n) is 9.07. The number of aliphatic imine (C=N–C) groups is 2. The molecule has 1 unspecified atom stereocenters. The summed E-state index contributed by atoms with van der Waals surface area (Å²) in [5, 5.41) is 13.9. The molecule has 0 bridgehead atoms. The quantitative estimate of drug-likeness (QED) is 0.167. The zero-order chi connectivity index (χ0) is 40.3. The zero-order valence-electron chi connectivity index (χ0n) is 33.1. The average molecular weight is 796 g/mol. The van der Waals surface area contributed by atoms with Gasteiger partial charge in [-0.15, -0.1) is 11.3 Å². The number of fused-ring (bicyclic) bond motifs is 9. The molecule has 11 aromatic rings. The molecule has 1 N–H and O–H groups in total. The summed E-state index contributed by atoms with van der Waals surface area (Å²) in [5.41, 5.74) is 10.3. The molecule has 4 heteroatoms. The first-order valence-electron chi connectivity index (χ1n) is 20.7. The first-order chi connectivity index (χ1) is 30.2. The highest BCUT2D eigenvalue weighted by molar-refractivity contribution is 7.25. The summed E-state index contributed by atoms with van der Waals surface area (Å²) in [6, 6.07) is 76.6. The summed E-state index contributed by atoms with van der Waals surface area (Å²) < 4.78 is 2.49. The second kappa shape index (κ2) is 14.6. The SMILES string of the molecule is c1ccc(-c2cccc(C3=NC(c4ccccc4)NC(c4ccc5c(c4)sc4ccc(-c6cccc(-c7ccc8c9ccccc9c9ccccc9c8c7)c6)cc45)=N3)c2)cc1. The van der Waals surface area contributed by atoms with Crippen molar-refractivity contribution in [3.63, 3.8) is 0 Å². The van der Waals surface area contributed by atoms with E-state index >= 15 is 0 Å². The van der Waals surface area contributed by atoms with Crippen LogP contribution in [0.2, 0.25) is 0 Å². The van der Waals surface area contributed by atoms with Gasteiger partial charge in [0.25, 0.3) is 0 Å². The Morgan fingerprint density at radius 1 is 0.328 bits per heavy atom. The molecule has 0 radical (unpaired) electrons. The Hall–Kier alpha value is -7.66. The lowest BCUT2D eigenvalue weighted by Crippen LogP contribution is -2.33. The van der Waals surface area contributed by atoms with Crippen LogP contribution in [0, 0.1) is 0 Å². The average Bonchev–Trinajstić information content (AvgIpc) is 3.72. The minimum absolute atomic E-state index is 0.269. The summed E-state index contributed by atoms with van der Waals surface area (Å²) in [6.07, 6.45) is -0.269. The predicted molar refractivity (Wildman–Crippen MR) is 260 cm³/mol. The molecule has 0 fully saturated rings. The van der Waals surface area contributed by atoms with Crippen LogP contribution in [-0.4, -0.2) is 11.7 Å². The smallest absolute Gasteiger partial charge is 0.159 e. The van der Waals surface area contributed by atoms with Gasteiger partial charge in [-0.25, -0.2) is 9.98 Å². The number of hydrogen-bond donors (Lipinski definition) is 1. The molecule has 0 amide bonds. The fourth-order valence-corrected chi connectivity index (χ4v) is 10.2. The first-order valence-corrected chi connectivity index (χ1v) is 21.6. The van der Waals surface area contributed by atoms with E-state index in [-0.39, 0.29) is 6.17 Å². The van der Waals surface area contributed by atoms with Crippen LogP contribution in [0.25, 0.3) is 85.9 Å². The monoisotopic (exact) mass is 795 g/mol. The Kier molecular flexibility index (Phi) is 8.43. The number of benzene rings is 10. The molecule has 0 spiro atoms. The fraction of sp³-hybridized carbons (Fsp3) is 0.0175. The van der Waals surface area contributed by atoms with Crippen LogP contribution in [0.3, 0.4) is 0 Å². The Labute approximate surface area is 357 Å². The molecule has 0 saturated heterocycles. The summed E-state index contributed by atoms with van der Waals surface area (Å²) in [4.78, 5) is 10.3. The number of nitrogens with zero attached hydrogens (tertiary/aromatic N) is 2. The summed E-state index contributed by atoms with van der Waals surface area (Å²) in [6.45, 7) is 0. The third kappa shape index (κ3) is 6.28. The Bertz CT molecular complexity index is 3530. The Morgan fingerprint density at radius 3 is 1.52 bits per heavy atom. The van der Waals surface area contributed by atoms with Crippen LogP contribution in [-0.2, 0) is 0 Å².